The van der Waals surface area contributed by atoms with E-state index in [4.69, 9.17) is 4.55 Å². The summed E-state index contributed by atoms with van der Waals surface area (Å²) in [6.07, 6.45) is 3.91. The largest absolute Gasteiger partial charge is 0.312 e. The zero-order valence-electron chi connectivity index (χ0n) is 10.5. The van der Waals surface area contributed by atoms with Gasteiger partial charge in [-0.3, -0.25) is 14.1 Å². The highest BCUT2D eigenvalue weighted by Crippen LogP contribution is 2.36. The first-order chi connectivity index (χ1) is 9.15. The maximum atomic E-state index is 12.3. The molecular weight excluding hydrogens is 264 g/mol. The third-order valence-corrected chi connectivity index (χ3v) is 4.01. The van der Waals surface area contributed by atoms with Crippen LogP contribution in [0.1, 0.15) is 24.8 Å². The molecular formula is C13H16N2O3S. The van der Waals surface area contributed by atoms with Crippen LogP contribution < -0.4 is 9.62 Å². The number of nitrogens with zero attached hydrogens (tertiary/aromatic N) is 1. The second kappa shape index (κ2) is 4.94. The van der Waals surface area contributed by atoms with Gasteiger partial charge in [-0.05, 0) is 43.4 Å². The standard InChI is InChI=1S/C13H16N2O3S/c16-13(10-3-4-10)15-7-1-2-9-5-6-11(8-12(9)15)14-19(17)18/h5-6,8,10,14H,1-4,7H2,(H,17,18). The van der Waals surface area contributed by atoms with Crippen molar-refractivity contribution in [3.8, 4) is 0 Å². The smallest absolute Gasteiger partial charge is 0.259 e. The number of amides is 1. The van der Waals surface area contributed by atoms with Gasteiger partial charge in [0.15, 0.2) is 0 Å². The Kier molecular flexibility index (Phi) is 3.28. The Morgan fingerprint density at radius 3 is 2.89 bits per heavy atom. The van der Waals surface area contributed by atoms with E-state index < -0.39 is 11.3 Å². The lowest BCUT2D eigenvalue weighted by Gasteiger charge is -2.30. The van der Waals surface area contributed by atoms with Gasteiger partial charge in [-0.1, -0.05) is 6.07 Å². The molecule has 0 bridgehead atoms. The van der Waals surface area contributed by atoms with E-state index in [2.05, 4.69) is 4.72 Å². The summed E-state index contributed by atoms with van der Waals surface area (Å²) in [4.78, 5) is 14.1. The molecule has 3 rings (SSSR count). The van der Waals surface area contributed by atoms with E-state index in [0.717, 1.165) is 43.5 Å². The van der Waals surface area contributed by atoms with Gasteiger partial charge in [0.25, 0.3) is 11.3 Å². The SMILES string of the molecule is O=C(C1CC1)N1CCCc2ccc(NS(=O)O)cc21. The number of anilines is 2. The molecule has 102 valence electrons. The summed E-state index contributed by atoms with van der Waals surface area (Å²) in [6, 6.07) is 5.50. The molecule has 1 unspecified atom stereocenters. The van der Waals surface area contributed by atoms with E-state index in [1.807, 2.05) is 11.0 Å². The van der Waals surface area contributed by atoms with E-state index in [1.54, 1.807) is 12.1 Å². The van der Waals surface area contributed by atoms with Crippen molar-refractivity contribution in [2.24, 2.45) is 5.92 Å². The van der Waals surface area contributed by atoms with Gasteiger partial charge in [-0.2, -0.15) is 0 Å². The van der Waals surface area contributed by atoms with Gasteiger partial charge in [-0.15, -0.1) is 0 Å². The lowest BCUT2D eigenvalue weighted by molar-refractivity contribution is -0.119. The third kappa shape index (κ3) is 2.64. The molecule has 1 aliphatic heterocycles. The molecule has 2 aliphatic rings. The number of nitrogens with one attached hydrogen (secondary N) is 1. The predicted molar refractivity (Wildman–Crippen MR) is 74.2 cm³/mol. The summed E-state index contributed by atoms with van der Waals surface area (Å²) in [7, 11) is 0. The Bertz CT molecular complexity index is 543. The summed E-state index contributed by atoms with van der Waals surface area (Å²) in [6.45, 7) is 0.744. The molecule has 1 aliphatic carbocycles. The first kappa shape index (κ1) is 12.6. The number of hydrogen-bond donors (Lipinski definition) is 2. The molecule has 1 atom stereocenters. The molecule has 1 aromatic carbocycles. The van der Waals surface area contributed by atoms with Crippen LogP contribution in [0.2, 0.25) is 0 Å². The highest BCUT2D eigenvalue weighted by Gasteiger charge is 2.35. The van der Waals surface area contributed by atoms with Crippen molar-refractivity contribution in [2.75, 3.05) is 16.2 Å². The van der Waals surface area contributed by atoms with E-state index in [-0.39, 0.29) is 11.8 Å². The molecule has 0 saturated heterocycles. The number of benzene rings is 1. The van der Waals surface area contributed by atoms with Crippen LogP contribution in [0, 0.1) is 5.92 Å². The fourth-order valence-corrected chi connectivity index (χ4v) is 2.85. The number of hydrogen-bond acceptors (Lipinski definition) is 2. The van der Waals surface area contributed by atoms with E-state index in [9.17, 15) is 9.00 Å². The minimum atomic E-state index is -2.09. The first-order valence-electron chi connectivity index (χ1n) is 6.47. The van der Waals surface area contributed by atoms with Gasteiger partial charge in [0.1, 0.15) is 0 Å². The summed E-state index contributed by atoms with van der Waals surface area (Å²) in [5, 5.41) is 0. The van der Waals surface area contributed by atoms with Gasteiger partial charge in [-0.25, -0.2) is 4.21 Å². The molecule has 1 heterocycles. The maximum Gasteiger partial charge on any atom is 0.259 e. The van der Waals surface area contributed by atoms with Gasteiger partial charge in [0.2, 0.25) is 5.91 Å². The molecule has 6 heteroatoms. The molecule has 0 spiro atoms. The molecule has 19 heavy (non-hydrogen) atoms. The van der Waals surface area contributed by atoms with E-state index in [1.165, 1.54) is 0 Å². The number of fused-ring (bicyclic) bond motifs is 1. The van der Waals surface area contributed by atoms with Crippen molar-refractivity contribution in [1.82, 2.24) is 0 Å². The second-order valence-corrected chi connectivity index (χ2v) is 5.76. The summed E-state index contributed by atoms with van der Waals surface area (Å²) >= 11 is -2.09. The van der Waals surface area contributed by atoms with Gasteiger partial charge >= 0.3 is 0 Å². The Morgan fingerprint density at radius 1 is 1.42 bits per heavy atom. The summed E-state index contributed by atoms with van der Waals surface area (Å²) < 4.78 is 22.1. The van der Waals surface area contributed by atoms with Crippen molar-refractivity contribution in [2.45, 2.75) is 25.7 Å². The Labute approximate surface area is 114 Å². The monoisotopic (exact) mass is 280 g/mol. The highest BCUT2D eigenvalue weighted by atomic mass is 32.2. The fourth-order valence-electron chi connectivity index (χ4n) is 2.52. The topological polar surface area (TPSA) is 69.6 Å². The fraction of sp³-hybridized carbons (Fsp3) is 0.462. The van der Waals surface area contributed by atoms with Crippen molar-refractivity contribution in [1.29, 1.82) is 0 Å². The van der Waals surface area contributed by atoms with Gasteiger partial charge < -0.3 is 4.90 Å². The number of carbonyl (C=O) groups is 1. The van der Waals surface area contributed by atoms with Gasteiger partial charge in [0.05, 0.1) is 5.69 Å². The Hall–Kier alpha value is -1.40. The zero-order chi connectivity index (χ0) is 13.4. The molecule has 1 fully saturated rings. The summed E-state index contributed by atoms with van der Waals surface area (Å²) in [5.74, 6) is 0.387. The Balaban J connectivity index is 1.91. The average Bonchev–Trinajstić information content (AvgIpc) is 3.20. The van der Waals surface area contributed by atoms with Crippen LogP contribution in [0.25, 0.3) is 0 Å². The van der Waals surface area contributed by atoms with Crippen LogP contribution in [0.4, 0.5) is 11.4 Å². The molecule has 5 nitrogen and oxygen atoms in total. The van der Waals surface area contributed by atoms with Gasteiger partial charge in [0, 0.05) is 18.2 Å². The van der Waals surface area contributed by atoms with Crippen molar-refractivity contribution >= 4 is 28.5 Å². The minimum absolute atomic E-state index is 0.189. The van der Waals surface area contributed by atoms with Crippen LogP contribution in [-0.2, 0) is 22.5 Å². The first-order valence-corrected chi connectivity index (χ1v) is 7.57. The lowest BCUT2D eigenvalue weighted by atomic mass is 10.0. The zero-order valence-corrected chi connectivity index (χ0v) is 11.3. The van der Waals surface area contributed by atoms with Crippen LogP contribution in [-0.4, -0.2) is 21.2 Å². The van der Waals surface area contributed by atoms with Crippen LogP contribution in [0.3, 0.4) is 0 Å². The van der Waals surface area contributed by atoms with Crippen LogP contribution >= 0.6 is 0 Å². The molecule has 1 amide bonds. The molecule has 1 aromatic rings. The number of carbonyl (C=O) groups excluding carboxylic acids is 1. The quantitative estimate of drug-likeness (QED) is 0.831. The maximum absolute atomic E-state index is 12.3. The Morgan fingerprint density at radius 2 is 2.21 bits per heavy atom. The highest BCUT2D eigenvalue weighted by molar-refractivity contribution is 7.80. The average molecular weight is 280 g/mol. The van der Waals surface area contributed by atoms with E-state index in [0.29, 0.717) is 5.69 Å². The number of rotatable bonds is 3. The lowest BCUT2D eigenvalue weighted by Crippen LogP contribution is -2.36. The minimum Gasteiger partial charge on any atom is -0.312 e. The predicted octanol–water partition coefficient (Wildman–Crippen LogP) is 1.92. The van der Waals surface area contributed by atoms with Crippen LogP contribution in [0.15, 0.2) is 18.2 Å². The van der Waals surface area contributed by atoms with E-state index >= 15 is 0 Å². The normalized spacial score (nSPS) is 19.7. The van der Waals surface area contributed by atoms with Crippen molar-refractivity contribution in [3.05, 3.63) is 23.8 Å². The van der Waals surface area contributed by atoms with Crippen molar-refractivity contribution in [3.63, 3.8) is 0 Å². The summed E-state index contributed by atoms with van der Waals surface area (Å²) in [5.41, 5.74) is 2.59. The van der Waals surface area contributed by atoms with Crippen LogP contribution in [0.5, 0.6) is 0 Å². The second-order valence-electron chi connectivity index (χ2n) is 5.06. The van der Waals surface area contributed by atoms with Crippen molar-refractivity contribution < 1.29 is 13.6 Å². The molecule has 0 aromatic heterocycles. The molecule has 2 N–H and O–H groups in total. The molecule has 1 saturated carbocycles. The molecule has 0 radical (unpaired) electrons. The third-order valence-electron chi connectivity index (χ3n) is 3.60. The number of aryl methyl sites for hydroxylation is 1.